The van der Waals surface area contributed by atoms with Crippen molar-refractivity contribution in [3.05, 3.63) is 29.8 Å². The van der Waals surface area contributed by atoms with E-state index in [1.807, 2.05) is 45.0 Å². The number of amides is 2. The van der Waals surface area contributed by atoms with Crippen molar-refractivity contribution in [2.24, 2.45) is 11.7 Å². The van der Waals surface area contributed by atoms with Crippen LogP contribution in [0.25, 0.3) is 0 Å². The van der Waals surface area contributed by atoms with Gasteiger partial charge in [-0.25, -0.2) is 4.79 Å². The van der Waals surface area contributed by atoms with E-state index < -0.39 is 0 Å². The van der Waals surface area contributed by atoms with Gasteiger partial charge >= 0.3 is 6.03 Å². The number of nitrogens with two attached hydrogens (primary N) is 1. The molecule has 0 aliphatic rings. The SMILES string of the molecule is Cc1cccc(NC(=O)NC(C(N)=S)C(C)C)c1. The van der Waals surface area contributed by atoms with E-state index in [-0.39, 0.29) is 18.0 Å². The van der Waals surface area contributed by atoms with E-state index in [1.54, 1.807) is 0 Å². The Balaban J connectivity index is 2.63. The molecule has 0 aliphatic heterocycles. The Hall–Kier alpha value is -1.62. The van der Waals surface area contributed by atoms with Crippen molar-refractivity contribution in [1.82, 2.24) is 5.32 Å². The van der Waals surface area contributed by atoms with E-state index in [0.717, 1.165) is 11.3 Å². The number of nitrogens with one attached hydrogen (secondary N) is 2. The molecule has 0 heterocycles. The van der Waals surface area contributed by atoms with Crippen molar-refractivity contribution in [3.8, 4) is 0 Å². The maximum absolute atomic E-state index is 11.8. The molecular weight excluding hydrogens is 246 g/mol. The van der Waals surface area contributed by atoms with Gasteiger partial charge in [0.15, 0.2) is 0 Å². The van der Waals surface area contributed by atoms with E-state index in [4.69, 9.17) is 18.0 Å². The molecule has 1 aromatic rings. The van der Waals surface area contributed by atoms with Gasteiger partial charge in [0, 0.05) is 5.69 Å². The standard InChI is InChI=1S/C13H19N3OS/c1-8(2)11(12(14)18)16-13(17)15-10-6-4-5-9(3)7-10/h4-8,11H,1-3H3,(H2,14,18)(H2,15,16,17). The highest BCUT2D eigenvalue weighted by atomic mass is 32.1. The molecular formula is C13H19N3OS. The summed E-state index contributed by atoms with van der Waals surface area (Å²) in [6.07, 6.45) is 0. The van der Waals surface area contributed by atoms with Crippen LogP contribution in [0.5, 0.6) is 0 Å². The lowest BCUT2D eigenvalue weighted by Crippen LogP contribution is -2.48. The zero-order valence-corrected chi connectivity index (χ0v) is 11.7. The number of carbonyl (C=O) groups is 1. The Morgan fingerprint density at radius 1 is 1.39 bits per heavy atom. The lowest BCUT2D eigenvalue weighted by atomic mass is 10.1. The normalized spacial score (nSPS) is 12.0. The van der Waals surface area contributed by atoms with Crippen LogP contribution in [0, 0.1) is 12.8 Å². The van der Waals surface area contributed by atoms with Crippen LogP contribution < -0.4 is 16.4 Å². The van der Waals surface area contributed by atoms with Crippen LogP contribution >= 0.6 is 12.2 Å². The first-order valence-corrected chi connectivity index (χ1v) is 6.24. The summed E-state index contributed by atoms with van der Waals surface area (Å²) < 4.78 is 0. The molecule has 0 radical (unpaired) electrons. The van der Waals surface area contributed by atoms with Crippen LogP contribution in [0.15, 0.2) is 24.3 Å². The predicted octanol–water partition coefficient (Wildman–Crippen LogP) is 2.43. The quantitative estimate of drug-likeness (QED) is 0.732. The predicted molar refractivity (Wildman–Crippen MR) is 78.7 cm³/mol. The number of carbonyl (C=O) groups excluding carboxylic acids is 1. The number of hydrogen-bond donors (Lipinski definition) is 3. The largest absolute Gasteiger partial charge is 0.392 e. The Morgan fingerprint density at radius 3 is 2.56 bits per heavy atom. The molecule has 0 saturated carbocycles. The van der Waals surface area contributed by atoms with Crippen molar-refractivity contribution in [2.75, 3.05) is 5.32 Å². The minimum absolute atomic E-state index is 0.158. The number of urea groups is 1. The van der Waals surface area contributed by atoms with Crippen molar-refractivity contribution >= 4 is 28.9 Å². The molecule has 1 rings (SSSR count). The van der Waals surface area contributed by atoms with E-state index >= 15 is 0 Å². The second-order valence-corrected chi connectivity index (χ2v) is 5.06. The highest BCUT2D eigenvalue weighted by Crippen LogP contribution is 2.09. The summed E-state index contributed by atoms with van der Waals surface area (Å²) in [7, 11) is 0. The summed E-state index contributed by atoms with van der Waals surface area (Å²) in [6.45, 7) is 5.88. The monoisotopic (exact) mass is 265 g/mol. The Kier molecular flexibility index (Phi) is 5.09. The van der Waals surface area contributed by atoms with Gasteiger partial charge < -0.3 is 16.4 Å². The number of thiocarbonyl (C=S) groups is 1. The average molecular weight is 265 g/mol. The fourth-order valence-corrected chi connectivity index (χ4v) is 1.93. The first-order valence-electron chi connectivity index (χ1n) is 5.83. The second kappa shape index (κ2) is 6.35. The number of hydrogen-bond acceptors (Lipinski definition) is 2. The van der Waals surface area contributed by atoms with Gasteiger partial charge in [0.05, 0.1) is 11.0 Å². The van der Waals surface area contributed by atoms with Crippen molar-refractivity contribution in [1.29, 1.82) is 0 Å². The van der Waals surface area contributed by atoms with Crippen LogP contribution in [0.2, 0.25) is 0 Å². The molecule has 18 heavy (non-hydrogen) atoms. The second-order valence-electron chi connectivity index (χ2n) is 4.59. The average Bonchev–Trinajstić information content (AvgIpc) is 2.25. The van der Waals surface area contributed by atoms with E-state index in [0.29, 0.717) is 4.99 Å². The first-order chi connectivity index (χ1) is 8.40. The van der Waals surface area contributed by atoms with Crippen LogP contribution in [0.3, 0.4) is 0 Å². The molecule has 1 unspecified atom stereocenters. The zero-order chi connectivity index (χ0) is 13.7. The van der Waals surface area contributed by atoms with E-state index in [2.05, 4.69) is 10.6 Å². The van der Waals surface area contributed by atoms with E-state index in [1.165, 1.54) is 0 Å². The van der Waals surface area contributed by atoms with Crippen molar-refractivity contribution in [3.63, 3.8) is 0 Å². The van der Waals surface area contributed by atoms with Gasteiger partial charge in [-0.1, -0.05) is 38.2 Å². The van der Waals surface area contributed by atoms with Gasteiger partial charge in [-0.05, 0) is 30.5 Å². The molecule has 5 heteroatoms. The molecule has 0 spiro atoms. The molecule has 0 aliphatic carbocycles. The Labute approximate surface area is 113 Å². The fourth-order valence-electron chi connectivity index (χ4n) is 1.60. The highest BCUT2D eigenvalue weighted by molar-refractivity contribution is 7.80. The number of aryl methyl sites for hydroxylation is 1. The Bertz CT molecular complexity index is 446. The van der Waals surface area contributed by atoms with Gasteiger partial charge in [0.1, 0.15) is 0 Å². The van der Waals surface area contributed by atoms with Gasteiger partial charge in [-0.15, -0.1) is 0 Å². The number of benzene rings is 1. The molecule has 1 atom stereocenters. The van der Waals surface area contributed by atoms with Gasteiger partial charge in [-0.2, -0.15) is 0 Å². The summed E-state index contributed by atoms with van der Waals surface area (Å²) in [5.41, 5.74) is 7.43. The lowest BCUT2D eigenvalue weighted by molar-refractivity contribution is 0.248. The molecule has 4 nitrogen and oxygen atoms in total. The molecule has 98 valence electrons. The number of anilines is 1. The summed E-state index contributed by atoms with van der Waals surface area (Å²) in [5.74, 6) is 0.158. The van der Waals surface area contributed by atoms with Crippen LogP contribution in [-0.2, 0) is 0 Å². The van der Waals surface area contributed by atoms with Gasteiger partial charge in [0.2, 0.25) is 0 Å². The molecule has 4 N–H and O–H groups in total. The maximum Gasteiger partial charge on any atom is 0.319 e. The highest BCUT2D eigenvalue weighted by Gasteiger charge is 2.18. The third kappa shape index (κ3) is 4.33. The maximum atomic E-state index is 11.8. The third-order valence-corrected chi connectivity index (χ3v) is 2.79. The summed E-state index contributed by atoms with van der Waals surface area (Å²) in [5, 5.41) is 5.53. The molecule has 0 aromatic heterocycles. The summed E-state index contributed by atoms with van der Waals surface area (Å²) >= 11 is 4.93. The van der Waals surface area contributed by atoms with Crippen LogP contribution in [0.1, 0.15) is 19.4 Å². The lowest BCUT2D eigenvalue weighted by Gasteiger charge is -2.21. The summed E-state index contributed by atoms with van der Waals surface area (Å²) in [6, 6.07) is 6.98. The van der Waals surface area contributed by atoms with Crippen molar-refractivity contribution < 1.29 is 4.79 Å². The van der Waals surface area contributed by atoms with Gasteiger partial charge in [0.25, 0.3) is 0 Å². The topological polar surface area (TPSA) is 67.2 Å². The van der Waals surface area contributed by atoms with Crippen LogP contribution in [0.4, 0.5) is 10.5 Å². The number of rotatable bonds is 4. The van der Waals surface area contributed by atoms with Gasteiger partial charge in [-0.3, -0.25) is 0 Å². The minimum Gasteiger partial charge on any atom is -0.392 e. The molecule has 0 bridgehead atoms. The smallest absolute Gasteiger partial charge is 0.319 e. The van der Waals surface area contributed by atoms with Crippen molar-refractivity contribution in [2.45, 2.75) is 26.8 Å². The molecule has 2 amide bonds. The zero-order valence-electron chi connectivity index (χ0n) is 10.9. The fraction of sp³-hybridized carbons (Fsp3) is 0.385. The van der Waals surface area contributed by atoms with E-state index in [9.17, 15) is 4.79 Å². The Morgan fingerprint density at radius 2 is 2.06 bits per heavy atom. The first kappa shape index (κ1) is 14.4. The molecule has 0 fully saturated rings. The molecule has 1 aromatic carbocycles. The summed E-state index contributed by atoms with van der Waals surface area (Å²) in [4.78, 5) is 12.1. The van der Waals surface area contributed by atoms with Crippen LogP contribution in [-0.4, -0.2) is 17.1 Å². The third-order valence-electron chi connectivity index (χ3n) is 2.54. The molecule has 0 saturated heterocycles. The minimum atomic E-state index is -0.301.